The van der Waals surface area contributed by atoms with E-state index in [2.05, 4.69) is 36.4 Å². The Morgan fingerprint density at radius 3 is 2.56 bits per heavy atom. The lowest BCUT2D eigenvalue weighted by atomic mass is 9.98. The number of rotatable bonds is 4. The van der Waals surface area contributed by atoms with E-state index in [-0.39, 0.29) is 0 Å². The Hall–Kier alpha value is -1.10. The summed E-state index contributed by atoms with van der Waals surface area (Å²) in [5, 5.41) is 3.53. The molecule has 2 unspecified atom stereocenters. The van der Waals surface area contributed by atoms with Gasteiger partial charge in [-0.2, -0.15) is 0 Å². The number of morpholine rings is 1. The summed E-state index contributed by atoms with van der Waals surface area (Å²) in [7, 11) is 5.89. The van der Waals surface area contributed by atoms with Crippen molar-refractivity contribution in [2.45, 2.75) is 12.1 Å². The Morgan fingerprint density at radius 1 is 1.33 bits per heavy atom. The lowest BCUT2D eigenvalue weighted by molar-refractivity contribution is 0.0459. The van der Waals surface area contributed by atoms with Crippen LogP contribution in [0.25, 0.3) is 0 Å². The maximum Gasteiger partial charge on any atom is 0.118 e. The number of benzene rings is 1. The van der Waals surface area contributed by atoms with Crippen LogP contribution in [-0.4, -0.2) is 51.9 Å². The Bertz CT molecular complexity index is 359. The monoisotopic (exact) mass is 250 g/mol. The van der Waals surface area contributed by atoms with Crippen LogP contribution in [0, 0.1) is 0 Å². The molecule has 0 saturated carbocycles. The maximum atomic E-state index is 5.57. The van der Waals surface area contributed by atoms with Crippen LogP contribution in [0.4, 0.5) is 0 Å². The van der Waals surface area contributed by atoms with Gasteiger partial charge in [-0.05, 0) is 31.8 Å². The molecule has 2 rings (SSSR count). The number of nitrogens with zero attached hydrogens (tertiary/aromatic N) is 1. The highest BCUT2D eigenvalue weighted by atomic mass is 16.5. The fraction of sp³-hybridized carbons (Fsp3) is 0.571. The first-order chi connectivity index (χ1) is 8.72. The van der Waals surface area contributed by atoms with Gasteiger partial charge in [-0.3, -0.25) is 0 Å². The van der Waals surface area contributed by atoms with Crippen molar-refractivity contribution in [1.82, 2.24) is 10.2 Å². The van der Waals surface area contributed by atoms with Crippen LogP contribution in [0.15, 0.2) is 24.3 Å². The minimum Gasteiger partial charge on any atom is -0.497 e. The Morgan fingerprint density at radius 2 is 2.06 bits per heavy atom. The van der Waals surface area contributed by atoms with Gasteiger partial charge in [0.05, 0.1) is 32.4 Å². The molecule has 1 aromatic rings. The van der Waals surface area contributed by atoms with Crippen molar-refractivity contribution in [3.63, 3.8) is 0 Å². The SMILES string of the molecule is COc1ccc(C(C2COCCN2)N(C)C)cc1. The van der Waals surface area contributed by atoms with E-state index in [0.29, 0.717) is 12.1 Å². The van der Waals surface area contributed by atoms with Gasteiger partial charge in [0, 0.05) is 6.54 Å². The third-order valence-corrected chi connectivity index (χ3v) is 3.35. The first-order valence-electron chi connectivity index (χ1n) is 6.34. The molecule has 18 heavy (non-hydrogen) atoms. The molecule has 0 amide bonds. The second-order valence-corrected chi connectivity index (χ2v) is 4.82. The quantitative estimate of drug-likeness (QED) is 0.873. The minimum absolute atomic E-state index is 0.316. The van der Waals surface area contributed by atoms with Gasteiger partial charge in [0.25, 0.3) is 0 Å². The Labute approximate surface area is 109 Å². The topological polar surface area (TPSA) is 33.7 Å². The molecule has 4 nitrogen and oxygen atoms in total. The number of nitrogens with one attached hydrogen (secondary N) is 1. The van der Waals surface area contributed by atoms with E-state index >= 15 is 0 Å². The lowest BCUT2D eigenvalue weighted by Crippen LogP contribution is -2.48. The van der Waals surface area contributed by atoms with Crippen molar-refractivity contribution >= 4 is 0 Å². The molecule has 0 radical (unpaired) electrons. The van der Waals surface area contributed by atoms with Gasteiger partial charge < -0.3 is 19.7 Å². The normalized spacial score (nSPS) is 21.9. The van der Waals surface area contributed by atoms with Gasteiger partial charge in [-0.15, -0.1) is 0 Å². The molecule has 4 heteroatoms. The van der Waals surface area contributed by atoms with E-state index in [1.54, 1.807) is 7.11 Å². The average Bonchev–Trinajstić information content (AvgIpc) is 2.40. The number of likely N-dealkylation sites (N-methyl/N-ethyl adjacent to an activating group) is 1. The lowest BCUT2D eigenvalue weighted by Gasteiger charge is -2.35. The fourth-order valence-electron chi connectivity index (χ4n) is 2.48. The molecular formula is C14H22N2O2. The third-order valence-electron chi connectivity index (χ3n) is 3.35. The number of hydrogen-bond acceptors (Lipinski definition) is 4. The molecule has 1 aliphatic heterocycles. The molecule has 1 aromatic carbocycles. The predicted octanol–water partition coefficient (Wildman–Crippen LogP) is 1.29. The van der Waals surface area contributed by atoms with E-state index < -0.39 is 0 Å². The van der Waals surface area contributed by atoms with E-state index in [4.69, 9.17) is 9.47 Å². The average molecular weight is 250 g/mol. The maximum absolute atomic E-state index is 5.57. The Balaban J connectivity index is 2.17. The van der Waals surface area contributed by atoms with Crippen LogP contribution in [0.2, 0.25) is 0 Å². The van der Waals surface area contributed by atoms with Crippen LogP contribution in [0.3, 0.4) is 0 Å². The minimum atomic E-state index is 0.316. The van der Waals surface area contributed by atoms with Gasteiger partial charge in [0.2, 0.25) is 0 Å². The van der Waals surface area contributed by atoms with Crippen molar-refractivity contribution in [3.05, 3.63) is 29.8 Å². The molecule has 1 fully saturated rings. The van der Waals surface area contributed by atoms with Crippen LogP contribution in [0.1, 0.15) is 11.6 Å². The van der Waals surface area contributed by atoms with Gasteiger partial charge in [-0.25, -0.2) is 0 Å². The first-order valence-corrected chi connectivity index (χ1v) is 6.34. The van der Waals surface area contributed by atoms with Gasteiger partial charge >= 0.3 is 0 Å². The highest BCUT2D eigenvalue weighted by Crippen LogP contribution is 2.25. The molecule has 1 N–H and O–H groups in total. The summed E-state index contributed by atoms with van der Waals surface area (Å²) < 4.78 is 10.8. The standard InChI is InChI=1S/C14H22N2O2/c1-16(2)14(13-10-18-9-8-15-13)11-4-6-12(17-3)7-5-11/h4-7,13-15H,8-10H2,1-3H3. The molecule has 1 aliphatic rings. The Kier molecular flexibility index (Phi) is 4.58. The second-order valence-electron chi connectivity index (χ2n) is 4.82. The van der Waals surface area contributed by atoms with Gasteiger partial charge in [0.15, 0.2) is 0 Å². The van der Waals surface area contributed by atoms with Crippen molar-refractivity contribution in [2.75, 3.05) is 41.0 Å². The summed E-state index contributed by atoms with van der Waals surface area (Å²) in [5.41, 5.74) is 1.28. The molecule has 0 spiro atoms. The molecule has 0 aliphatic carbocycles. The highest BCUT2D eigenvalue weighted by Gasteiger charge is 2.26. The van der Waals surface area contributed by atoms with E-state index in [0.717, 1.165) is 25.5 Å². The molecule has 1 heterocycles. The summed E-state index contributed by atoms with van der Waals surface area (Å²) in [4.78, 5) is 2.23. The summed E-state index contributed by atoms with van der Waals surface area (Å²) in [6.07, 6.45) is 0. The summed E-state index contributed by atoms with van der Waals surface area (Å²) in [6, 6.07) is 8.92. The van der Waals surface area contributed by atoms with Crippen LogP contribution in [-0.2, 0) is 4.74 Å². The van der Waals surface area contributed by atoms with Crippen LogP contribution in [0.5, 0.6) is 5.75 Å². The zero-order valence-electron chi connectivity index (χ0n) is 11.3. The highest BCUT2D eigenvalue weighted by molar-refractivity contribution is 5.30. The summed E-state index contributed by atoms with van der Waals surface area (Å²) in [6.45, 7) is 2.49. The van der Waals surface area contributed by atoms with Crippen molar-refractivity contribution in [3.8, 4) is 5.75 Å². The number of hydrogen-bond donors (Lipinski definition) is 1. The van der Waals surface area contributed by atoms with Crippen molar-refractivity contribution in [2.24, 2.45) is 0 Å². The molecule has 1 saturated heterocycles. The second kappa shape index (κ2) is 6.18. The van der Waals surface area contributed by atoms with Crippen LogP contribution >= 0.6 is 0 Å². The summed E-state index contributed by atoms with van der Waals surface area (Å²) in [5.74, 6) is 0.893. The number of ether oxygens (including phenoxy) is 2. The third kappa shape index (κ3) is 3.02. The van der Waals surface area contributed by atoms with Gasteiger partial charge in [0.1, 0.15) is 5.75 Å². The van der Waals surface area contributed by atoms with E-state index in [9.17, 15) is 0 Å². The van der Waals surface area contributed by atoms with E-state index in [1.807, 2.05) is 12.1 Å². The zero-order chi connectivity index (χ0) is 13.0. The first kappa shape index (κ1) is 13.3. The van der Waals surface area contributed by atoms with Gasteiger partial charge in [-0.1, -0.05) is 12.1 Å². The smallest absolute Gasteiger partial charge is 0.118 e. The van der Waals surface area contributed by atoms with Crippen LogP contribution < -0.4 is 10.1 Å². The molecule has 100 valence electrons. The van der Waals surface area contributed by atoms with Crippen molar-refractivity contribution < 1.29 is 9.47 Å². The largest absolute Gasteiger partial charge is 0.497 e. The number of methoxy groups -OCH3 is 1. The summed E-state index contributed by atoms with van der Waals surface area (Å²) >= 11 is 0. The van der Waals surface area contributed by atoms with Crippen molar-refractivity contribution in [1.29, 1.82) is 0 Å². The van der Waals surface area contributed by atoms with E-state index in [1.165, 1.54) is 5.56 Å². The predicted molar refractivity (Wildman–Crippen MR) is 72.0 cm³/mol. The molecule has 0 bridgehead atoms. The molecule has 0 aromatic heterocycles. The molecular weight excluding hydrogens is 228 g/mol. The fourth-order valence-corrected chi connectivity index (χ4v) is 2.48. The molecule has 2 atom stereocenters. The zero-order valence-corrected chi connectivity index (χ0v) is 11.3.